The van der Waals surface area contributed by atoms with Crippen LogP contribution in [0.4, 0.5) is 11.4 Å². The monoisotopic (exact) mass is 300 g/mol. The first-order chi connectivity index (χ1) is 8.16. The van der Waals surface area contributed by atoms with Crippen molar-refractivity contribution in [1.29, 1.82) is 0 Å². The molecule has 6 heteroatoms. The summed E-state index contributed by atoms with van der Waals surface area (Å²) in [5, 5.41) is 13.9. The van der Waals surface area contributed by atoms with Gasteiger partial charge in [-0.15, -0.1) is 0 Å². The molecule has 1 fully saturated rings. The molecule has 5 nitrogen and oxygen atoms in total. The second-order valence-electron chi connectivity index (χ2n) is 3.93. The molecule has 17 heavy (non-hydrogen) atoms. The Kier molecular flexibility index (Phi) is 3.96. The van der Waals surface area contributed by atoms with Gasteiger partial charge in [-0.05, 0) is 25.0 Å². The fraction of sp³-hybridized carbons (Fsp3) is 0.455. The molecular weight excluding hydrogens is 288 g/mol. The zero-order valence-electron chi connectivity index (χ0n) is 9.19. The van der Waals surface area contributed by atoms with Crippen LogP contribution in [-0.4, -0.2) is 24.2 Å². The minimum Gasteiger partial charge on any atom is -0.377 e. The molecule has 0 aliphatic carbocycles. The molecule has 1 saturated heterocycles. The smallest absolute Gasteiger partial charge is 0.292 e. The lowest BCUT2D eigenvalue weighted by Gasteiger charge is -2.12. The molecule has 0 aromatic heterocycles. The van der Waals surface area contributed by atoms with Crippen molar-refractivity contribution >= 4 is 27.3 Å². The van der Waals surface area contributed by atoms with E-state index in [1.165, 1.54) is 6.07 Å². The molecule has 1 atom stereocenters. The molecular formula is C11H13BrN2O3. The van der Waals surface area contributed by atoms with Gasteiger partial charge in [0, 0.05) is 23.7 Å². The maximum absolute atomic E-state index is 10.8. The van der Waals surface area contributed by atoms with Gasteiger partial charge in [0.05, 0.1) is 11.0 Å². The molecule has 1 heterocycles. The van der Waals surface area contributed by atoms with E-state index in [4.69, 9.17) is 4.74 Å². The van der Waals surface area contributed by atoms with Crippen molar-refractivity contribution < 1.29 is 9.66 Å². The van der Waals surface area contributed by atoms with Gasteiger partial charge in [-0.2, -0.15) is 0 Å². The van der Waals surface area contributed by atoms with E-state index in [0.29, 0.717) is 12.2 Å². The van der Waals surface area contributed by atoms with Crippen molar-refractivity contribution in [3.63, 3.8) is 0 Å². The van der Waals surface area contributed by atoms with E-state index in [1.54, 1.807) is 12.1 Å². The Morgan fingerprint density at radius 1 is 1.59 bits per heavy atom. The van der Waals surface area contributed by atoms with Crippen LogP contribution in [0.1, 0.15) is 12.8 Å². The number of ether oxygens (including phenoxy) is 1. The molecule has 0 spiro atoms. The van der Waals surface area contributed by atoms with Crippen molar-refractivity contribution in [3.8, 4) is 0 Å². The average Bonchev–Trinajstić information content (AvgIpc) is 2.78. The van der Waals surface area contributed by atoms with Crippen molar-refractivity contribution in [2.75, 3.05) is 18.5 Å². The lowest BCUT2D eigenvalue weighted by molar-refractivity contribution is -0.384. The second kappa shape index (κ2) is 5.46. The normalized spacial score (nSPS) is 19.2. The predicted octanol–water partition coefficient (Wildman–Crippen LogP) is 2.95. The highest BCUT2D eigenvalue weighted by Gasteiger charge is 2.18. The van der Waals surface area contributed by atoms with Crippen molar-refractivity contribution in [1.82, 2.24) is 0 Å². The molecule has 1 aromatic rings. The van der Waals surface area contributed by atoms with E-state index in [9.17, 15) is 10.1 Å². The molecule has 1 aliphatic heterocycles. The van der Waals surface area contributed by atoms with Crippen molar-refractivity contribution in [2.45, 2.75) is 18.9 Å². The summed E-state index contributed by atoms with van der Waals surface area (Å²) in [4.78, 5) is 10.5. The number of hydrogen-bond acceptors (Lipinski definition) is 4. The first kappa shape index (κ1) is 12.3. The van der Waals surface area contributed by atoms with Gasteiger partial charge in [0.1, 0.15) is 5.69 Å². The predicted molar refractivity (Wildman–Crippen MR) is 68.3 cm³/mol. The third kappa shape index (κ3) is 3.17. The summed E-state index contributed by atoms with van der Waals surface area (Å²) < 4.78 is 6.28. The first-order valence-corrected chi connectivity index (χ1v) is 6.25. The van der Waals surface area contributed by atoms with Crippen molar-refractivity contribution in [2.24, 2.45) is 0 Å². The van der Waals surface area contributed by atoms with Crippen LogP contribution >= 0.6 is 15.9 Å². The highest BCUT2D eigenvalue weighted by molar-refractivity contribution is 9.10. The number of anilines is 1. The summed E-state index contributed by atoms with van der Waals surface area (Å²) in [6.45, 7) is 1.39. The Labute approximate surface area is 107 Å². The maximum Gasteiger partial charge on any atom is 0.292 e. The molecule has 1 N–H and O–H groups in total. The molecule has 1 aliphatic rings. The highest BCUT2D eigenvalue weighted by Crippen LogP contribution is 2.28. The molecule has 1 aromatic carbocycles. The summed E-state index contributed by atoms with van der Waals surface area (Å²) in [5.74, 6) is 0. The Morgan fingerprint density at radius 3 is 3.06 bits per heavy atom. The van der Waals surface area contributed by atoms with Gasteiger partial charge in [-0.1, -0.05) is 15.9 Å². The topological polar surface area (TPSA) is 64.4 Å². The lowest BCUT2D eigenvalue weighted by atomic mass is 10.2. The van der Waals surface area contributed by atoms with E-state index in [0.717, 1.165) is 23.9 Å². The SMILES string of the molecule is O=[N+]([O-])c1ccc(Br)cc1NC[C@H]1CCCO1. The zero-order valence-corrected chi connectivity index (χ0v) is 10.8. The Balaban J connectivity index is 2.07. The number of nitro groups is 1. The summed E-state index contributed by atoms with van der Waals surface area (Å²) >= 11 is 3.31. The summed E-state index contributed by atoms with van der Waals surface area (Å²) in [5.41, 5.74) is 0.617. The van der Waals surface area contributed by atoms with E-state index < -0.39 is 0 Å². The number of nitrogens with one attached hydrogen (secondary N) is 1. The van der Waals surface area contributed by atoms with Gasteiger partial charge < -0.3 is 10.1 Å². The molecule has 0 bridgehead atoms. The maximum atomic E-state index is 10.8. The van der Waals surface area contributed by atoms with Crippen LogP contribution in [0.25, 0.3) is 0 Å². The average molecular weight is 301 g/mol. The molecule has 0 amide bonds. The van der Waals surface area contributed by atoms with E-state index in [-0.39, 0.29) is 16.7 Å². The summed E-state index contributed by atoms with van der Waals surface area (Å²) in [6, 6.07) is 4.87. The van der Waals surface area contributed by atoms with Crippen LogP contribution in [-0.2, 0) is 4.74 Å². The van der Waals surface area contributed by atoms with Crippen LogP contribution in [0, 0.1) is 10.1 Å². The van der Waals surface area contributed by atoms with Crippen molar-refractivity contribution in [3.05, 3.63) is 32.8 Å². The van der Waals surface area contributed by atoms with Crippen LogP contribution in [0.5, 0.6) is 0 Å². The highest BCUT2D eigenvalue weighted by atomic mass is 79.9. The quantitative estimate of drug-likeness (QED) is 0.686. The number of rotatable bonds is 4. The number of nitrogens with zero attached hydrogens (tertiary/aromatic N) is 1. The van der Waals surface area contributed by atoms with Gasteiger partial charge in [0.2, 0.25) is 0 Å². The zero-order chi connectivity index (χ0) is 12.3. The Morgan fingerprint density at radius 2 is 2.41 bits per heavy atom. The molecule has 0 unspecified atom stereocenters. The number of nitro benzene ring substituents is 1. The standard InChI is InChI=1S/C11H13BrN2O3/c12-8-3-4-11(14(15)16)10(6-8)13-7-9-2-1-5-17-9/h3-4,6,9,13H,1-2,5,7H2/t9-/m1/s1. The van der Waals surface area contributed by atoms with Crippen LogP contribution in [0.3, 0.4) is 0 Å². The third-order valence-corrected chi connectivity index (χ3v) is 3.19. The lowest BCUT2D eigenvalue weighted by Crippen LogP contribution is -2.18. The summed E-state index contributed by atoms with van der Waals surface area (Å²) in [7, 11) is 0. The fourth-order valence-corrected chi connectivity index (χ4v) is 2.20. The Hall–Kier alpha value is -1.14. The minimum atomic E-state index is -0.385. The van der Waals surface area contributed by atoms with Gasteiger partial charge in [0.25, 0.3) is 5.69 Å². The second-order valence-corrected chi connectivity index (χ2v) is 4.85. The van der Waals surface area contributed by atoms with Crippen LogP contribution in [0.15, 0.2) is 22.7 Å². The number of halogens is 1. The van der Waals surface area contributed by atoms with Gasteiger partial charge in [-0.3, -0.25) is 10.1 Å². The third-order valence-electron chi connectivity index (χ3n) is 2.70. The van der Waals surface area contributed by atoms with E-state index in [1.807, 2.05) is 0 Å². The van der Waals surface area contributed by atoms with Gasteiger partial charge in [-0.25, -0.2) is 0 Å². The largest absolute Gasteiger partial charge is 0.377 e. The summed E-state index contributed by atoms with van der Waals surface area (Å²) in [6.07, 6.45) is 2.23. The van der Waals surface area contributed by atoms with Crippen LogP contribution < -0.4 is 5.32 Å². The molecule has 0 radical (unpaired) electrons. The number of benzene rings is 1. The van der Waals surface area contributed by atoms with E-state index >= 15 is 0 Å². The fourth-order valence-electron chi connectivity index (χ4n) is 1.84. The molecule has 0 saturated carbocycles. The van der Waals surface area contributed by atoms with Crippen LogP contribution in [0.2, 0.25) is 0 Å². The van der Waals surface area contributed by atoms with E-state index in [2.05, 4.69) is 21.2 Å². The van der Waals surface area contributed by atoms with Gasteiger partial charge >= 0.3 is 0 Å². The molecule has 2 rings (SSSR count). The molecule has 92 valence electrons. The van der Waals surface area contributed by atoms with Gasteiger partial charge in [0.15, 0.2) is 0 Å². The first-order valence-electron chi connectivity index (χ1n) is 5.46. The number of hydrogen-bond donors (Lipinski definition) is 1. The Bertz CT molecular complexity index is 419. The minimum absolute atomic E-state index is 0.0891.